The fourth-order valence-electron chi connectivity index (χ4n) is 2.35. The third-order valence-electron chi connectivity index (χ3n) is 3.34. The summed E-state index contributed by atoms with van der Waals surface area (Å²) in [4.78, 5) is 3.30. The standard InChI is InChI=1S/C16H18N2O/c1-12-6-7-14(19-12)11-17-9-8-13-10-18-16-5-3-2-4-15(13)16/h2-7,10,17-18H,8-9,11H2,1H3. The Morgan fingerprint density at radius 2 is 2.05 bits per heavy atom. The molecule has 2 heterocycles. The topological polar surface area (TPSA) is 41.0 Å². The smallest absolute Gasteiger partial charge is 0.117 e. The van der Waals surface area contributed by atoms with Crippen LogP contribution in [-0.4, -0.2) is 11.5 Å². The second kappa shape index (κ2) is 5.33. The van der Waals surface area contributed by atoms with Gasteiger partial charge in [0.15, 0.2) is 0 Å². The summed E-state index contributed by atoms with van der Waals surface area (Å²) in [6.07, 6.45) is 3.12. The molecule has 2 aromatic heterocycles. The Labute approximate surface area is 112 Å². The van der Waals surface area contributed by atoms with Crippen LogP contribution >= 0.6 is 0 Å². The summed E-state index contributed by atoms with van der Waals surface area (Å²) in [7, 11) is 0. The lowest BCUT2D eigenvalue weighted by Crippen LogP contribution is -2.16. The molecule has 3 rings (SSSR count). The molecule has 0 saturated carbocycles. The average molecular weight is 254 g/mol. The molecule has 0 saturated heterocycles. The molecule has 3 heteroatoms. The van der Waals surface area contributed by atoms with E-state index >= 15 is 0 Å². The second-order valence-corrected chi connectivity index (χ2v) is 4.80. The molecule has 98 valence electrons. The zero-order valence-corrected chi connectivity index (χ0v) is 11.1. The highest BCUT2D eigenvalue weighted by Gasteiger charge is 2.02. The lowest BCUT2D eigenvalue weighted by Gasteiger charge is -2.02. The highest BCUT2D eigenvalue weighted by molar-refractivity contribution is 5.83. The minimum absolute atomic E-state index is 0.788. The minimum atomic E-state index is 0.788. The van der Waals surface area contributed by atoms with Crippen LogP contribution in [0.1, 0.15) is 17.1 Å². The van der Waals surface area contributed by atoms with Gasteiger partial charge in [0.25, 0.3) is 0 Å². The molecular formula is C16H18N2O. The number of H-pyrrole nitrogens is 1. The van der Waals surface area contributed by atoms with Crippen LogP contribution in [0.4, 0.5) is 0 Å². The van der Waals surface area contributed by atoms with Crippen molar-refractivity contribution in [1.82, 2.24) is 10.3 Å². The fourth-order valence-corrected chi connectivity index (χ4v) is 2.35. The lowest BCUT2D eigenvalue weighted by molar-refractivity contribution is 0.463. The van der Waals surface area contributed by atoms with E-state index in [0.29, 0.717) is 0 Å². The minimum Gasteiger partial charge on any atom is -0.465 e. The van der Waals surface area contributed by atoms with E-state index in [1.165, 1.54) is 16.5 Å². The van der Waals surface area contributed by atoms with Gasteiger partial charge in [-0.3, -0.25) is 0 Å². The van der Waals surface area contributed by atoms with Crippen molar-refractivity contribution in [2.24, 2.45) is 0 Å². The maximum atomic E-state index is 5.52. The molecule has 3 aromatic rings. The molecule has 0 amide bonds. The van der Waals surface area contributed by atoms with Gasteiger partial charge < -0.3 is 14.7 Å². The highest BCUT2D eigenvalue weighted by atomic mass is 16.3. The van der Waals surface area contributed by atoms with Crippen molar-refractivity contribution in [3.05, 3.63) is 59.7 Å². The first-order chi connectivity index (χ1) is 9.33. The molecule has 0 aliphatic heterocycles. The largest absolute Gasteiger partial charge is 0.465 e. The lowest BCUT2D eigenvalue weighted by atomic mass is 10.1. The summed E-state index contributed by atoms with van der Waals surface area (Å²) in [6, 6.07) is 12.4. The number of hydrogen-bond acceptors (Lipinski definition) is 2. The van der Waals surface area contributed by atoms with Gasteiger partial charge >= 0.3 is 0 Å². The van der Waals surface area contributed by atoms with Crippen molar-refractivity contribution >= 4 is 10.9 Å². The number of hydrogen-bond donors (Lipinski definition) is 2. The number of aromatic nitrogens is 1. The summed E-state index contributed by atoms with van der Waals surface area (Å²) in [6.45, 7) is 3.70. The van der Waals surface area contributed by atoms with Crippen molar-refractivity contribution in [2.45, 2.75) is 19.9 Å². The number of aromatic amines is 1. The van der Waals surface area contributed by atoms with Crippen LogP contribution in [0.25, 0.3) is 10.9 Å². The molecule has 1 aromatic carbocycles. The monoisotopic (exact) mass is 254 g/mol. The Morgan fingerprint density at radius 3 is 2.89 bits per heavy atom. The van der Waals surface area contributed by atoms with E-state index in [9.17, 15) is 0 Å². The zero-order chi connectivity index (χ0) is 13.1. The van der Waals surface area contributed by atoms with Crippen molar-refractivity contribution in [2.75, 3.05) is 6.54 Å². The first-order valence-electron chi connectivity index (χ1n) is 6.64. The van der Waals surface area contributed by atoms with Gasteiger partial charge in [-0.1, -0.05) is 18.2 Å². The highest BCUT2D eigenvalue weighted by Crippen LogP contribution is 2.17. The molecule has 0 spiro atoms. The van der Waals surface area contributed by atoms with E-state index < -0.39 is 0 Å². The average Bonchev–Trinajstić information content (AvgIpc) is 3.02. The van der Waals surface area contributed by atoms with Gasteiger partial charge in [-0.05, 0) is 43.7 Å². The summed E-state index contributed by atoms with van der Waals surface area (Å²) in [5.41, 5.74) is 2.57. The van der Waals surface area contributed by atoms with E-state index in [2.05, 4.69) is 40.8 Å². The van der Waals surface area contributed by atoms with Crippen molar-refractivity contribution in [1.29, 1.82) is 0 Å². The molecule has 0 fully saturated rings. The Morgan fingerprint density at radius 1 is 1.16 bits per heavy atom. The Hall–Kier alpha value is -2.00. The predicted molar refractivity (Wildman–Crippen MR) is 77.2 cm³/mol. The Balaban J connectivity index is 1.55. The molecule has 0 atom stereocenters. The first-order valence-corrected chi connectivity index (χ1v) is 6.64. The summed E-state index contributed by atoms with van der Waals surface area (Å²) >= 11 is 0. The number of aryl methyl sites for hydroxylation is 1. The number of fused-ring (bicyclic) bond motifs is 1. The van der Waals surface area contributed by atoms with Crippen LogP contribution in [0, 0.1) is 6.92 Å². The van der Waals surface area contributed by atoms with E-state index in [1.54, 1.807) is 0 Å². The van der Waals surface area contributed by atoms with Gasteiger partial charge in [0, 0.05) is 17.1 Å². The Kier molecular flexibility index (Phi) is 3.38. The van der Waals surface area contributed by atoms with Crippen LogP contribution in [-0.2, 0) is 13.0 Å². The summed E-state index contributed by atoms with van der Waals surface area (Å²) < 4.78 is 5.52. The normalized spacial score (nSPS) is 11.2. The molecule has 2 N–H and O–H groups in total. The van der Waals surface area contributed by atoms with Crippen LogP contribution in [0.2, 0.25) is 0 Å². The summed E-state index contributed by atoms with van der Waals surface area (Å²) in [5.74, 6) is 1.96. The van der Waals surface area contributed by atoms with Gasteiger partial charge in [0.1, 0.15) is 11.5 Å². The molecular weight excluding hydrogens is 236 g/mol. The number of rotatable bonds is 5. The van der Waals surface area contributed by atoms with Gasteiger partial charge in [0.05, 0.1) is 6.54 Å². The zero-order valence-electron chi connectivity index (χ0n) is 11.1. The van der Waals surface area contributed by atoms with Crippen molar-refractivity contribution < 1.29 is 4.42 Å². The van der Waals surface area contributed by atoms with Gasteiger partial charge in [-0.25, -0.2) is 0 Å². The number of benzene rings is 1. The van der Waals surface area contributed by atoms with Crippen molar-refractivity contribution in [3.8, 4) is 0 Å². The quantitative estimate of drug-likeness (QED) is 0.685. The molecule has 0 radical (unpaired) electrons. The number of nitrogens with one attached hydrogen (secondary N) is 2. The van der Waals surface area contributed by atoms with Crippen LogP contribution in [0.5, 0.6) is 0 Å². The van der Waals surface area contributed by atoms with Gasteiger partial charge in [-0.2, -0.15) is 0 Å². The maximum Gasteiger partial charge on any atom is 0.117 e. The first kappa shape index (κ1) is 12.1. The van der Waals surface area contributed by atoms with E-state index in [4.69, 9.17) is 4.42 Å². The molecule has 0 aliphatic rings. The third kappa shape index (κ3) is 2.71. The number of para-hydroxylation sites is 1. The van der Waals surface area contributed by atoms with Crippen molar-refractivity contribution in [3.63, 3.8) is 0 Å². The molecule has 0 aliphatic carbocycles. The maximum absolute atomic E-state index is 5.52. The Bertz CT molecular complexity index is 666. The molecule has 19 heavy (non-hydrogen) atoms. The van der Waals surface area contributed by atoms with Crippen LogP contribution in [0.15, 0.2) is 47.0 Å². The van der Waals surface area contributed by atoms with Gasteiger partial charge in [0.2, 0.25) is 0 Å². The van der Waals surface area contributed by atoms with Gasteiger partial charge in [-0.15, -0.1) is 0 Å². The van der Waals surface area contributed by atoms with Crippen LogP contribution < -0.4 is 5.32 Å². The van der Waals surface area contributed by atoms with E-state index in [0.717, 1.165) is 31.0 Å². The van der Waals surface area contributed by atoms with Crippen LogP contribution in [0.3, 0.4) is 0 Å². The molecule has 0 unspecified atom stereocenters. The fraction of sp³-hybridized carbons (Fsp3) is 0.250. The molecule has 0 bridgehead atoms. The third-order valence-corrected chi connectivity index (χ3v) is 3.34. The molecule has 3 nitrogen and oxygen atoms in total. The van der Waals surface area contributed by atoms with E-state index in [1.807, 2.05) is 19.1 Å². The number of furan rings is 1. The van der Waals surface area contributed by atoms with E-state index in [-0.39, 0.29) is 0 Å². The summed E-state index contributed by atoms with van der Waals surface area (Å²) in [5, 5.41) is 4.73. The SMILES string of the molecule is Cc1ccc(CNCCc2c[nH]c3ccccc23)o1. The predicted octanol–water partition coefficient (Wildman–Crippen LogP) is 3.40. The second-order valence-electron chi connectivity index (χ2n) is 4.80.